The van der Waals surface area contributed by atoms with E-state index < -0.39 is 11.1 Å². The van der Waals surface area contributed by atoms with Gasteiger partial charge in [-0.3, -0.25) is 4.79 Å². The zero-order chi connectivity index (χ0) is 11.5. The van der Waals surface area contributed by atoms with Gasteiger partial charge in [-0.15, -0.1) is 12.4 Å². The van der Waals surface area contributed by atoms with E-state index in [0.717, 1.165) is 0 Å². The van der Waals surface area contributed by atoms with Gasteiger partial charge < -0.3 is 10.6 Å². The standard InChI is InChI=1S/C11H21FN2O.ClH/c1-10(2,3)9(15)14-8-11(12)4-6-13-7-5-11;/h13H,4-8H2,1-3H3,(H,14,15);1H. The fourth-order valence-corrected chi connectivity index (χ4v) is 1.56. The Hall–Kier alpha value is -0.350. The van der Waals surface area contributed by atoms with Crippen molar-refractivity contribution in [2.24, 2.45) is 5.41 Å². The number of hydrogen-bond acceptors (Lipinski definition) is 2. The molecule has 1 fully saturated rings. The van der Waals surface area contributed by atoms with Crippen molar-refractivity contribution in [1.29, 1.82) is 0 Å². The third-order valence-corrected chi connectivity index (χ3v) is 2.75. The molecule has 5 heteroatoms. The number of carbonyl (C=O) groups is 1. The average molecular weight is 253 g/mol. The third kappa shape index (κ3) is 4.66. The van der Waals surface area contributed by atoms with E-state index in [9.17, 15) is 9.18 Å². The lowest BCUT2D eigenvalue weighted by Crippen LogP contribution is -2.48. The van der Waals surface area contributed by atoms with Gasteiger partial charge in [0.25, 0.3) is 0 Å². The Morgan fingerprint density at radius 2 is 1.88 bits per heavy atom. The molecule has 0 atom stereocenters. The predicted octanol–water partition coefficient (Wildman–Crippen LogP) is 1.66. The molecule has 0 unspecified atom stereocenters. The van der Waals surface area contributed by atoms with Crippen LogP contribution in [0.5, 0.6) is 0 Å². The minimum absolute atomic E-state index is 0. The van der Waals surface area contributed by atoms with E-state index in [1.165, 1.54) is 0 Å². The lowest BCUT2D eigenvalue weighted by atomic mass is 9.92. The second kappa shape index (κ2) is 5.82. The topological polar surface area (TPSA) is 41.1 Å². The van der Waals surface area contributed by atoms with Crippen LogP contribution in [0.2, 0.25) is 0 Å². The lowest BCUT2D eigenvalue weighted by molar-refractivity contribution is -0.129. The van der Waals surface area contributed by atoms with Crippen LogP contribution >= 0.6 is 12.4 Å². The number of alkyl halides is 1. The lowest BCUT2D eigenvalue weighted by Gasteiger charge is -2.31. The summed E-state index contributed by atoms with van der Waals surface area (Å²) >= 11 is 0. The zero-order valence-corrected chi connectivity index (χ0v) is 11.0. The fourth-order valence-electron chi connectivity index (χ4n) is 1.56. The molecule has 1 rings (SSSR count). The third-order valence-electron chi connectivity index (χ3n) is 2.75. The molecule has 16 heavy (non-hydrogen) atoms. The van der Waals surface area contributed by atoms with Gasteiger partial charge in [0.1, 0.15) is 5.67 Å². The van der Waals surface area contributed by atoms with E-state index in [1.807, 2.05) is 20.8 Å². The summed E-state index contributed by atoms with van der Waals surface area (Å²) in [5, 5.41) is 5.80. The van der Waals surface area contributed by atoms with Gasteiger partial charge in [-0.05, 0) is 25.9 Å². The fraction of sp³-hybridized carbons (Fsp3) is 0.909. The number of amides is 1. The minimum atomic E-state index is -1.22. The Kier molecular flexibility index (Phi) is 5.70. The van der Waals surface area contributed by atoms with Crippen LogP contribution in [0, 0.1) is 5.41 Å². The van der Waals surface area contributed by atoms with Crippen LogP contribution in [-0.2, 0) is 4.79 Å². The van der Waals surface area contributed by atoms with Gasteiger partial charge in [-0.2, -0.15) is 0 Å². The van der Waals surface area contributed by atoms with Crippen molar-refractivity contribution in [3.8, 4) is 0 Å². The molecule has 1 heterocycles. The van der Waals surface area contributed by atoms with Gasteiger partial charge in [-0.1, -0.05) is 20.8 Å². The van der Waals surface area contributed by atoms with Crippen molar-refractivity contribution < 1.29 is 9.18 Å². The van der Waals surface area contributed by atoms with Crippen molar-refractivity contribution >= 4 is 18.3 Å². The number of carbonyl (C=O) groups excluding carboxylic acids is 1. The molecule has 1 aliphatic rings. The molecule has 0 bridgehead atoms. The van der Waals surface area contributed by atoms with Crippen LogP contribution in [0.3, 0.4) is 0 Å². The summed E-state index contributed by atoms with van der Waals surface area (Å²) in [4.78, 5) is 11.6. The molecule has 0 saturated carbocycles. The van der Waals surface area contributed by atoms with E-state index in [-0.39, 0.29) is 24.9 Å². The normalized spacial score (nSPS) is 19.8. The van der Waals surface area contributed by atoms with Crippen molar-refractivity contribution in [3.63, 3.8) is 0 Å². The summed E-state index contributed by atoms with van der Waals surface area (Å²) in [6.07, 6.45) is 0.967. The summed E-state index contributed by atoms with van der Waals surface area (Å²) in [6, 6.07) is 0. The van der Waals surface area contributed by atoms with Gasteiger partial charge in [0.2, 0.25) is 5.91 Å². The summed E-state index contributed by atoms with van der Waals surface area (Å²) in [5.41, 5.74) is -1.66. The summed E-state index contributed by atoms with van der Waals surface area (Å²) < 4.78 is 14.1. The number of piperidine rings is 1. The van der Waals surface area contributed by atoms with Crippen molar-refractivity contribution in [3.05, 3.63) is 0 Å². The maximum absolute atomic E-state index is 14.1. The van der Waals surface area contributed by atoms with Gasteiger partial charge in [0.15, 0.2) is 0 Å². The number of hydrogen-bond donors (Lipinski definition) is 2. The first-order valence-corrected chi connectivity index (χ1v) is 5.51. The van der Waals surface area contributed by atoms with Crippen LogP contribution in [0.15, 0.2) is 0 Å². The van der Waals surface area contributed by atoms with Gasteiger partial charge in [-0.25, -0.2) is 4.39 Å². The summed E-state index contributed by atoms with van der Waals surface area (Å²) in [6.45, 7) is 7.02. The molecule has 0 aromatic carbocycles. The zero-order valence-electron chi connectivity index (χ0n) is 10.2. The monoisotopic (exact) mass is 252 g/mol. The van der Waals surface area contributed by atoms with Crippen LogP contribution in [0.4, 0.5) is 4.39 Å². The molecule has 1 aliphatic heterocycles. The highest BCUT2D eigenvalue weighted by Crippen LogP contribution is 2.22. The first-order valence-electron chi connectivity index (χ1n) is 5.51. The Bertz CT molecular complexity index is 235. The SMILES string of the molecule is CC(C)(C)C(=O)NCC1(F)CCNCC1.Cl. The largest absolute Gasteiger partial charge is 0.352 e. The Morgan fingerprint density at radius 3 is 2.31 bits per heavy atom. The van der Waals surface area contributed by atoms with Crippen molar-refractivity contribution in [2.75, 3.05) is 19.6 Å². The average Bonchev–Trinajstić information content (AvgIpc) is 2.14. The molecule has 0 aromatic heterocycles. The predicted molar refractivity (Wildman–Crippen MR) is 65.7 cm³/mol. The molecule has 0 spiro atoms. The molecule has 96 valence electrons. The quantitative estimate of drug-likeness (QED) is 0.785. The van der Waals surface area contributed by atoms with E-state index >= 15 is 0 Å². The van der Waals surface area contributed by atoms with Crippen LogP contribution < -0.4 is 10.6 Å². The number of halogens is 2. The molecule has 0 radical (unpaired) electrons. The molecule has 3 nitrogen and oxygen atoms in total. The molecular weight excluding hydrogens is 231 g/mol. The second-order valence-corrected chi connectivity index (χ2v) is 5.33. The first-order chi connectivity index (χ1) is 6.83. The highest BCUT2D eigenvalue weighted by Gasteiger charge is 2.33. The van der Waals surface area contributed by atoms with E-state index in [4.69, 9.17) is 0 Å². The van der Waals surface area contributed by atoms with Crippen molar-refractivity contribution in [1.82, 2.24) is 10.6 Å². The van der Waals surface area contributed by atoms with Crippen LogP contribution in [0.25, 0.3) is 0 Å². The van der Waals surface area contributed by atoms with Crippen LogP contribution in [-0.4, -0.2) is 31.2 Å². The van der Waals surface area contributed by atoms with E-state index in [1.54, 1.807) is 0 Å². The molecule has 2 N–H and O–H groups in total. The summed E-state index contributed by atoms with van der Waals surface area (Å²) in [7, 11) is 0. The van der Waals surface area contributed by atoms with Crippen LogP contribution in [0.1, 0.15) is 33.6 Å². The summed E-state index contributed by atoms with van der Waals surface area (Å²) in [5.74, 6) is -0.0851. The molecule has 1 saturated heterocycles. The number of rotatable bonds is 2. The first kappa shape index (κ1) is 15.7. The molecule has 0 aromatic rings. The second-order valence-electron chi connectivity index (χ2n) is 5.33. The minimum Gasteiger partial charge on any atom is -0.352 e. The molecule has 0 aliphatic carbocycles. The maximum atomic E-state index is 14.1. The maximum Gasteiger partial charge on any atom is 0.225 e. The van der Waals surface area contributed by atoms with E-state index in [2.05, 4.69) is 10.6 Å². The van der Waals surface area contributed by atoms with Gasteiger partial charge in [0.05, 0.1) is 6.54 Å². The van der Waals surface area contributed by atoms with Gasteiger partial charge >= 0.3 is 0 Å². The smallest absolute Gasteiger partial charge is 0.225 e. The van der Waals surface area contributed by atoms with Gasteiger partial charge in [0, 0.05) is 5.41 Å². The van der Waals surface area contributed by atoms with Crippen molar-refractivity contribution in [2.45, 2.75) is 39.3 Å². The highest BCUT2D eigenvalue weighted by molar-refractivity contribution is 5.85. The Balaban J connectivity index is 0.00000225. The highest BCUT2D eigenvalue weighted by atomic mass is 35.5. The number of nitrogens with one attached hydrogen (secondary N) is 2. The van der Waals surface area contributed by atoms with E-state index in [0.29, 0.717) is 25.9 Å². The Morgan fingerprint density at radius 1 is 1.38 bits per heavy atom. The Labute approximate surface area is 103 Å². The molecule has 1 amide bonds. The molecular formula is C11H22ClFN2O.